The Kier molecular flexibility index (Phi) is 17.5. The Morgan fingerprint density at radius 3 is 1.77 bits per heavy atom. The highest BCUT2D eigenvalue weighted by Gasteiger charge is 2.44. The van der Waals surface area contributed by atoms with Crippen molar-refractivity contribution in [3.05, 3.63) is 0 Å². The summed E-state index contributed by atoms with van der Waals surface area (Å²) in [6, 6.07) is 0. The van der Waals surface area contributed by atoms with E-state index in [9.17, 15) is 19.5 Å². The molecule has 0 bridgehead atoms. The first-order valence-electron chi connectivity index (χ1n) is 14.2. The molecule has 1 rings (SSSR count). The first kappa shape index (κ1) is 31.4. The summed E-state index contributed by atoms with van der Waals surface area (Å²) in [5, 5.41) is 9.68. The summed E-state index contributed by atoms with van der Waals surface area (Å²) < 4.78 is 10.6. The summed E-state index contributed by atoms with van der Waals surface area (Å²) in [6.45, 7) is 3.76. The Labute approximate surface area is 212 Å². The Bertz CT molecular complexity index is 596. The summed E-state index contributed by atoms with van der Waals surface area (Å²) in [7, 11) is 0. The van der Waals surface area contributed by atoms with E-state index in [1.807, 2.05) is 6.92 Å². The van der Waals surface area contributed by atoms with Gasteiger partial charge in [0.15, 0.2) is 6.10 Å². The van der Waals surface area contributed by atoms with E-state index in [2.05, 4.69) is 6.92 Å². The molecule has 1 fully saturated rings. The second kappa shape index (κ2) is 19.5. The third-order valence-corrected chi connectivity index (χ3v) is 7.25. The van der Waals surface area contributed by atoms with Gasteiger partial charge in [-0.05, 0) is 25.2 Å². The molecule has 3 N–H and O–H groups in total. The third kappa shape index (κ3) is 13.9. The molecular weight excluding hydrogens is 446 g/mol. The van der Waals surface area contributed by atoms with E-state index in [1.54, 1.807) is 0 Å². The lowest BCUT2D eigenvalue weighted by atomic mass is 9.82. The summed E-state index contributed by atoms with van der Waals surface area (Å²) in [5.74, 6) is -2.50. The van der Waals surface area contributed by atoms with Crippen molar-refractivity contribution in [3.8, 4) is 0 Å². The molecule has 0 spiro atoms. The minimum atomic E-state index is -1.12. The van der Waals surface area contributed by atoms with E-state index in [0.717, 1.165) is 19.3 Å². The second-order valence-electron chi connectivity index (χ2n) is 10.3. The van der Waals surface area contributed by atoms with Crippen molar-refractivity contribution in [2.45, 2.75) is 142 Å². The molecule has 0 radical (unpaired) electrons. The van der Waals surface area contributed by atoms with Crippen LogP contribution in [-0.2, 0) is 23.9 Å². The number of esters is 1. The van der Waals surface area contributed by atoms with Crippen LogP contribution in [0.1, 0.15) is 129 Å². The topological polar surface area (TPSA) is 116 Å². The molecule has 1 heterocycles. The van der Waals surface area contributed by atoms with Crippen molar-refractivity contribution < 1.29 is 29.0 Å². The number of nitrogens with two attached hydrogens (primary N) is 1. The minimum absolute atomic E-state index is 0.177. The van der Waals surface area contributed by atoms with E-state index < -0.39 is 24.6 Å². The van der Waals surface area contributed by atoms with E-state index >= 15 is 0 Å². The average molecular weight is 498 g/mol. The molecule has 0 aromatic rings. The number of hydrogen-bond donors (Lipinski definition) is 2. The summed E-state index contributed by atoms with van der Waals surface area (Å²) >= 11 is 0. The van der Waals surface area contributed by atoms with Crippen LogP contribution < -0.4 is 5.73 Å². The van der Waals surface area contributed by atoms with Crippen LogP contribution in [0.25, 0.3) is 0 Å². The number of primary amides is 1. The number of carboxylic acid groups (broad SMARTS) is 1. The maximum Gasteiger partial charge on any atom is 0.333 e. The monoisotopic (exact) mass is 497 g/mol. The molecule has 4 atom stereocenters. The Hall–Kier alpha value is -1.63. The SMILES string of the molecule is CCCCCCCCCCCCCCCCCC(C[C@@H]1OC(=O)[C@H]1CC)[C@H](OCC(N)=O)C(=O)O. The van der Waals surface area contributed by atoms with Crippen LogP contribution >= 0.6 is 0 Å². The Balaban J connectivity index is 2.24. The fourth-order valence-electron chi connectivity index (χ4n) is 5.09. The van der Waals surface area contributed by atoms with E-state index in [4.69, 9.17) is 15.2 Å². The summed E-state index contributed by atoms with van der Waals surface area (Å²) in [6.07, 6.45) is 19.5. The first-order chi connectivity index (χ1) is 16.9. The van der Waals surface area contributed by atoms with E-state index in [-0.39, 0.29) is 23.9 Å². The molecule has 0 aromatic heterocycles. The largest absolute Gasteiger partial charge is 0.479 e. The van der Waals surface area contributed by atoms with E-state index in [1.165, 1.54) is 77.0 Å². The van der Waals surface area contributed by atoms with Crippen LogP contribution in [0, 0.1) is 11.8 Å². The number of aliphatic carboxylic acids is 1. The molecule has 1 unspecified atom stereocenters. The highest BCUT2D eigenvalue weighted by atomic mass is 16.6. The molecule has 0 aliphatic carbocycles. The predicted octanol–water partition coefficient (Wildman–Crippen LogP) is 6.16. The van der Waals surface area contributed by atoms with Gasteiger partial charge in [0.1, 0.15) is 12.7 Å². The zero-order chi connectivity index (χ0) is 25.9. The van der Waals surface area contributed by atoms with Crippen molar-refractivity contribution in [1.82, 2.24) is 0 Å². The number of carbonyl (C=O) groups is 3. The van der Waals surface area contributed by atoms with Gasteiger partial charge >= 0.3 is 11.9 Å². The molecule has 1 amide bonds. The normalized spacial score (nSPS) is 19.1. The van der Waals surface area contributed by atoms with Gasteiger partial charge in [-0.2, -0.15) is 0 Å². The fraction of sp³-hybridized carbons (Fsp3) is 0.893. The molecule has 35 heavy (non-hydrogen) atoms. The zero-order valence-corrected chi connectivity index (χ0v) is 22.3. The number of rotatable bonds is 24. The first-order valence-corrected chi connectivity index (χ1v) is 14.2. The highest BCUT2D eigenvalue weighted by Crippen LogP contribution is 2.34. The maximum absolute atomic E-state index is 11.8. The average Bonchev–Trinajstić information content (AvgIpc) is 2.80. The Morgan fingerprint density at radius 2 is 1.37 bits per heavy atom. The van der Waals surface area contributed by atoms with Gasteiger partial charge in [-0.25, -0.2) is 4.79 Å². The molecule has 7 heteroatoms. The number of amides is 1. The smallest absolute Gasteiger partial charge is 0.333 e. The van der Waals surface area contributed by atoms with Crippen molar-refractivity contribution in [2.75, 3.05) is 6.61 Å². The summed E-state index contributed by atoms with van der Waals surface area (Å²) in [5.41, 5.74) is 5.15. The molecule has 7 nitrogen and oxygen atoms in total. The number of unbranched alkanes of at least 4 members (excludes halogenated alkanes) is 14. The molecule has 1 aliphatic rings. The fourth-order valence-corrected chi connectivity index (χ4v) is 5.09. The summed E-state index contributed by atoms with van der Waals surface area (Å²) in [4.78, 5) is 34.6. The lowest BCUT2D eigenvalue weighted by Crippen LogP contribution is -2.48. The van der Waals surface area contributed by atoms with Gasteiger partial charge in [0.2, 0.25) is 5.91 Å². The molecule has 0 saturated carbocycles. The van der Waals surface area contributed by atoms with Gasteiger partial charge in [0.25, 0.3) is 0 Å². The van der Waals surface area contributed by atoms with Crippen LogP contribution in [-0.4, -0.2) is 41.8 Å². The van der Waals surface area contributed by atoms with E-state index in [0.29, 0.717) is 19.3 Å². The minimum Gasteiger partial charge on any atom is -0.479 e. The lowest BCUT2D eigenvalue weighted by molar-refractivity contribution is -0.189. The van der Waals surface area contributed by atoms with Crippen LogP contribution in [0.15, 0.2) is 0 Å². The molecule has 0 aromatic carbocycles. The van der Waals surface area contributed by atoms with Crippen LogP contribution in [0.3, 0.4) is 0 Å². The van der Waals surface area contributed by atoms with Gasteiger partial charge in [-0.15, -0.1) is 0 Å². The van der Waals surface area contributed by atoms with Crippen LogP contribution in [0.2, 0.25) is 0 Å². The van der Waals surface area contributed by atoms with Crippen LogP contribution in [0.4, 0.5) is 0 Å². The quantitative estimate of drug-likeness (QED) is 0.122. The highest BCUT2D eigenvalue weighted by molar-refractivity contribution is 5.79. The lowest BCUT2D eigenvalue weighted by Gasteiger charge is -2.37. The third-order valence-electron chi connectivity index (χ3n) is 7.25. The molecule has 1 saturated heterocycles. The number of hydrogen-bond acceptors (Lipinski definition) is 5. The molecular formula is C28H51NO6. The van der Waals surface area contributed by atoms with Crippen molar-refractivity contribution in [3.63, 3.8) is 0 Å². The number of cyclic esters (lactones) is 1. The van der Waals surface area contributed by atoms with Gasteiger partial charge in [-0.3, -0.25) is 9.59 Å². The molecule has 204 valence electrons. The standard InChI is InChI=1S/C28H51NO6/c1-3-5-6-7-8-9-10-11-12-13-14-15-16-17-18-19-22(20-24-23(4-2)28(33)35-24)26(27(31)32)34-21-25(29)30/h22-24,26H,3-21H2,1-2H3,(H2,29,30)(H,31,32)/t22?,23-,24-,26-/m0/s1. The number of carbonyl (C=O) groups excluding carboxylic acids is 2. The van der Waals surface area contributed by atoms with Crippen molar-refractivity contribution >= 4 is 17.8 Å². The van der Waals surface area contributed by atoms with Gasteiger partial charge in [0, 0.05) is 0 Å². The number of carboxylic acids is 1. The van der Waals surface area contributed by atoms with Gasteiger partial charge in [0.05, 0.1) is 5.92 Å². The van der Waals surface area contributed by atoms with Crippen LogP contribution in [0.5, 0.6) is 0 Å². The number of ether oxygens (including phenoxy) is 2. The predicted molar refractivity (Wildman–Crippen MR) is 138 cm³/mol. The molecule has 1 aliphatic heterocycles. The van der Waals surface area contributed by atoms with Crippen molar-refractivity contribution in [2.24, 2.45) is 17.6 Å². The second-order valence-corrected chi connectivity index (χ2v) is 10.3. The van der Waals surface area contributed by atoms with Crippen molar-refractivity contribution in [1.29, 1.82) is 0 Å². The van der Waals surface area contributed by atoms with Gasteiger partial charge < -0.3 is 20.3 Å². The zero-order valence-electron chi connectivity index (χ0n) is 22.3. The Morgan fingerprint density at radius 1 is 0.886 bits per heavy atom. The maximum atomic E-state index is 11.8. The van der Waals surface area contributed by atoms with Gasteiger partial charge in [-0.1, -0.05) is 110 Å².